The summed E-state index contributed by atoms with van der Waals surface area (Å²) >= 11 is 5.76. The summed E-state index contributed by atoms with van der Waals surface area (Å²) in [4.78, 5) is 8.10. The molecule has 152 valence electrons. The average molecular weight is 415 g/mol. The summed E-state index contributed by atoms with van der Waals surface area (Å²) in [5.41, 5.74) is 0.504. The van der Waals surface area contributed by atoms with Gasteiger partial charge in [-0.2, -0.15) is 8.78 Å². The van der Waals surface area contributed by atoms with Crippen molar-refractivity contribution >= 4 is 17.6 Å². The van der Waals surface area contributed by atoms with Crippen LogP contribution < -0.4 is 24.8 Å². The molecule has 0 aliphatic heterocycles. The van der Waals surface area contributed by atoms with E-state index in [9.17, 15) is 8.78 Å². The zero-order valence-corrected chi connectivity index (χ0v) is 16.2. The molecular weight excluding hydrogens is 394 g/mol. The minimum atomic E-state index is -2.91. The second-order valence-electron chi connectivity index (χ2n) is 5.37. The van der Waals surface area contributed by atoms with Gasteiger partial charge in [0.25, 0.3) is 0 Å². The molecule has 2 N–H and O–H groups in total. The molecule has 2 rings (SSSR count). The molecule has 10 heteroatoms. The molecule has 0 saturated heterocycles. The van der Waals surface area contributed by atoms with Crippen LogP contribution in [0.1, 0.15) is 5.56 Å². The number of aromatic nitrogens is 1. The molecular formula is C18H21ClF2N4O3. The number of pyridine rings is 1. The highest BCUT2D eigenvalue weighted by molar-refractivity contribution is 6.30. The lowest BCUT2D eigenvalue weighted by Gasteiger charge is -2.15. The Morgan fingerprint density at radius 3 is 2.71 bits per heavy atom. The van der Waals surface area contributed by atoms with Crippen LogP contribution in [-0.4, -0.2) is 44.9 Å². The Morgan fingerprint density at radius 2 is 2.07 bits per heavy atom. The highest BCUT2D eigenvalue weighted by Gasteiger charge is 2.11. The minimum absolute atomic E-state index is 0.0656. The summed E-state index contributed by atoms with van der Waals surface area (Å²) in [6.45, 7) is -1.92. The molecule has 0 atom stereocenters. The molecule has 0 bridgehead atoms. The third kappa shape index (κ3) is 7.07. The summed E-state index contributed by atoms with van der Waals surface area (Å²) in [6, 6.07) is 7.96. The number of methoxy groups -OCH3 is 1. The molecule has 0 amide bonds. The maximum absolute atomic E-state index is 12.6. The Labute approximate surface area is 166 Å². The quantitative estimate of drug-likeness (QED) is 0.373. The summed E-state index contributed by atoms with van der Waals surface area (Å²) in [5.74, 6) is 1.53. The molecule has 0 saturated carbocycles. The zero-order valence-electron chi connectivity index (χ0n) is 15.4. The maximum atomic E-state index is 12.6. The number of guanidine groups is 1. The Morgan fingerprint density at radius 1 is 1.25 bits per heavy atom. The lowest BCUT2D eigenvalue weighted by atomic mass is 10.2. The van der Waals surface area contributed by atoms with Crippen molar-refractivity contribution in [1.82, 2.24) is 15.6 Å². The van der Waals surface area contributed by atoms with E-state index < -0.39 is 6.61 Å². The monoisotopic (exact) mass is 414 g/mol. The molecule has 1 heterocycles. The molecule has 28 heavy (non-hydrogen) atoms. The van der Waals surface area contributed by atoms with Crippen molar-refractivity contribution in [3.05, 3.63) is 47.1 Å². The molecule has 0 spiro atoms. The van der Waals surface area contributed by atoms with Gasteiger partial charge in [-0.15, -0.1) is 0 Å². The van der Waals surface area contributed by atoms with Crippen LogP contribution in [0.15, 0.2) is 41.5 Å². The number of alkyl halides is 2. The van der Waals surface area contributed by atoms with E-state index >= 15 is 0 Å². The van der Waals surface area contributed by atoms with Gasteiger partial charge in [-0.25, -0.2) is 4.98 Å². The second kappa shape index (κ2) is 11.1. The van der Waals surface area contributed by atoms with E-state index in [2.05, 4.69) is 25.3 Å². The number of ether oxygens (including phenoxy) is 3. The number of aliphatic imine (C=N–C) groups is 1. The van der Waals surface area contributed by atoms with Crippen molar-refractivity contribution in [2.24, 2.45) is 4.99 Å². The fourth-order valence-electron chi connectivity index (χ4n) is 2.20. The van der Waals surface area contributed by atoms with E-state index in [0.717, 1.165) is 0 Å². The van der Waals surface area contributed by atoms with Crippen LogP contribution in [0.5, 0.6) is 17.4 Å². The number of nitrogens with one attached hydrogen (secondary N) is 2. The van der Waals surface area contributed by atoms with Crippen LogP contribution in [0.3, 0.4) is 0 Å². The highest BCUT2D eigenvalue weighted by Crippen LogP contribution is 2.25. The SMILES string of the molecule is CN=C(NCCOc1ccc(Cl)cn1)NCc1cc(OC)ccc1OC(F)F. The van der Waals surface area contributed by atoms with Gasteiger partial charge >= 0.3 is 6.61 Å². The van der Waals surface area contributed by atoms with Crippen molar-refractivity contribution in [2.75, 3.05) is 27.3 Å². The van der Waals surface area contributed by atoms with E-state index in [1.54, 1.807) is 31.3 Å². The van der Waals surface area contributed by atoms with Crippen molar-refractivity contribution in [3.63, 3.8) is 0 Å². The smallest absolute Gasteiger partial charge is 0.387 e. The van der Waals surface area contributed by atoms with Crippen molar-refractivity contribution in [1.29, 1.82) is 0 Å². The summed E-state index contributed by atoms with van der Waals surface area (Å²) in [7, 11) is 3.09. The molecule has 0 aliphatic carbocycles. The van der Waals surface area contributed by atoms with Gasteiger partial charge in [0.05, 0.1) is 18.7 Å². The van der Waals surface area contributed by atoms with Crippen molar-refractivity contribution in [2.45, 2.75) is 13.2 Å². The first-order valence-electron chi connectivity index (χ1n) is 8.32. The van der Waals surface area contributed by atoms with Crippen LogP contribution in [0.4, 0.5) is 8.78 Å². The van der Waals surface area contributed by atoms with E-state index in [4.69, 9.17) is 21.1 Å². The van der Waals surface area contributed by atoms with Gasteiger partial charge in [0.2, 0.25) is 5.88 Å². The van der Waals surface area contributed by atoms with Crippen LogP contribution in [0.25, 0.3) is 0 Å². The van der Waals surface area contributed by atoms with Gasteiger partial charge in [0, 0.05) is 31.4 Å². The number of halogens is 3. The third-order valence-corrected chi connectivity index (χ3v) is 3.72. The Kier molecular flexibility index (Phi) is 8.54. The van der Waals surface area contributed by atoms with Crippen LogP contribution in [-0.2, 0) is 6.54 Å². The maximum Gasteiger partial charge on any atom is 0.387 e. The Bertz CT molecular complexity index is 776. The first-order chi connectivity index (χ1) is 13.5. The largest absolute Gasteiger partial charge is 0.497 e. The fourth-order valence-corrected chi connectivity index (χ4v) is 2.32. The van der Waals surface area contributed by atoms with Crippen LogP contribution in [0, 0.1) is 0 Å². The molecule has 0 radical (unpaired) electrons. The average Bonchev–Trinajstić information content (AvgIpc) is 2.69. The number of benzene rings is 1. The number of hydrogen-bond acceptors (Lipinski definition) is 5. The van der Waals surface area contributed by atoms with E-state index in [-0.39, 0.29) is 12.3 Å². The van der Waals surface area contributed by atoms with E-state index in [1.807, 2.05) is 0 Å². The fraction of sp³-hybridized carbons (Fsp3) is 0.333. The third-order valence-electron chi connectivity index (χ3n) is 3.50. The highest BCUT2D eigenvalue weighted by atomic mass is 35.5. The lowest BCUT2D eigenvalue weighted by Crippen LogP contribution is -2.39. The summed E-state index contributed by atoms with van der Waals surface area (Å²) in [5, 5.41) is 6.61. The molecule has 0 aliphatic rings. The minimum Gasteiger partial charge on any atom is -0.497 e. The second-order valence-corrected chi connectivity index (χ2v) is 5.80. The van der Waals surface area contributed by atoms with E-state index in [0.29, 0.717) is 41.3 Å². The first-order valence-corrected chi connectivity index (χ1v) is 8.70. The van der Waals surface area contributed by atoms with Gasteiger partial charge in [0.15, 0.2) is 5.96 Å². The lowest BCUT2D eigenvalue weighted by molar-refractivity contribution is -0.0504. The van der Waals surface area contributed by atoms with Gasteiger partial charge in [0.1, 0.15) is 18.1 Å². The van der Waals surface area contributed by atoms with Gasteiger partial charge < -0.3 is 24.8 Å². The zero-order chi connectivity index (χ0) is 20.4. The molecule has 2 aromatic rings. The number of hydrogen-bond donors (Lipinski definition) is 2. The van der Waals surface area contributed by atoms with Crippen molar-refractivity contribution < 1.29 is 23.0 Å². The summed E-state index contributed by atoms with van der Waals surface area (Å²) in [6.07, 6.45) is 1.50. The molecule has 7 nitrogen and oxygen atoms in total. The van der Waals surface area contributed by atoms with E-state index in [1.165, 1.54) is 19.4 Å². The van der Waals surface area contributed by atoms with Crippen molar-refractivity contribution in [3.8, 4) is 17.4 Å². The number of nitrogens with zero attached hydrogens (tertiary/aromatic N) is 2. The Hall–Kier alpha value is -2.81. The predicted molar refractivity (Wildman–Crippen MR) is 103 cm³/mol. The predicted octanol–water partition coefficient (Wildman–Crippen LogP) is 3.09. The van der Waals surface area contributed by atoms with Gasteiger partial charge in [-0.1, -0.05) is 11.6 Å². The van der Waals surface area contributed by atoms with Gasteiger partial charge in [-0.05, 0) is 24.3 Å². The normalized spacial score (nSPS) is 11.3. The van der Waals surface area contributed by atoms with Crippen LogP contribution in [0.2, 0.25) is 5.02 Å². The summed E-state index contributed by atoms with van der Waals surface area (Å²) < 4.78 is 40.3. The molecule has 0 unspecified atom stereocenters. The Balaban J connectivity index is 1.85. The topological polar surface area (TPSA) is 77.0 Å². The number of rotatable bonds is 9. The standard InChI is InChI=1S/C18H21ClF2N4O3/c1-22-18(23-7-8-27-16-6-3-13(19)11-24-16)25-10-12-9-14(26-2)4-5-15(12)28-17(20)21/h3-6,9,11,17H,7-8,10H2,1-2H3,(H2,22,23,25). The molecule has 1 aromatic carbocycles. The molecule has 0 fully saturated rings. The first kappa shape index (κ1) is 21.5. The van der Waals surface area contributed by atoms with Gasteiger partial charge in [-0.3, -0.25) is 4.99 Å². The molecule has 1 aromatic heterocycles. The van der Waals surface area contributed by atoms with Crippen LogP contribution >= 0.6 is 11.6 Å².